The van der Waals surface area contributed by atoms with E-state index in [0.29, 0.717) is 19.1 Å². The van der Waals surface area contributed by atoms with Crippen LogP contribution in [0.3, 0.4) is 0 Å². The summed E-state index contributed by atoms with van der Waals surface area (Å²) in [5, 5.41) is 6.20. The lowest BCUT2D eigenvalue weighted by molar-refractivity contribution is 0.0528. The molecule has 112 valence electrons. The summed E-state index contributed by atoms with van der Waals surface area (Å²) >= 11 is 0. The van der Waals surface area contributed by atoms with E-state index in [1.54, 1.807) is 6.26 Å². The van der Waals surface area contributed by atoms with Gasteiger partial charge in [0.25, 0.3) is 0 Å². The topological polar surface area (TPSA) is 63.5 Å². The molecular formula is C15H24N2O3. The van der Waals surface area contributed by atoms with Gasteiger partial charge in [-0.25, -0.2) is 4.79 Å². The van der Waals surface area contributed by atoms with Crippen LogP contribution >= 0.6 is 0 Å². The van der Waals surface area contributed by atoms with Crippen LogP contribution in [0, 0.1) is 0 Å². The Morgan fingerprint density at radius 1 is 1.45 bits per heavy atom. The summed E-state index contributed by atoms with van der Waals surface area (Å²) in [5.74, 6) is 1.09. The lowest BCUT2D eigenvalue weighted by atomic mass is 9.93. The van der Waals surface area contributed by atoms with E-state index in [0.717, 1.165) is 25.0 Å². The molecule has 1 atom stereocenters. The van der Waals surface area contributed by atoms with Crippen molar-refractivity contribution in [3.8, 4) is 0 Å². The van der Waals surface area contributed by atoms with Gasteiger partial charge < -0.3 is 19.8 Å². The van der Waals surface area contributed by atoms with Crippen molar-refractivity contribution in [2.24, 2.45) is 0 Å². The summed E-state index contributed by atoms with van der Waals surface area (Å²) in [4.78, 5) is 11.5. The smallest absolute Gasteiger partial charge is 0.407 e. The molecule has 0 saturated carbocycles. The molecule has 20 heavy (non-hydrogen) atoms. The van der Waals surface area contributed by atoms with Gasteiger partial charge in [0.05, 0.1) is 6.26 Å². The highest BCUT2D eigenvalue weighted by molar-refractivity contribution is 5.67. The number of carbonyl (C=O) groups is 1. The molecule has 5 nitrogen and oxygen atoms in total. The molecule has 2 N–H and O–H groups in total. The number of nitrogens with one attached hydrogen (secondary N) is 2. The largest absolute Gasteiger partial charge is 0.469 e. The number of carbonyl (C=O) groups excluding carboxylic acids is 1. The fourth-order valence-electron chi connectivity index (χ4n) is 2.42. The van der Waals surface area contributed by atoms with Crippen molar-refractivity contribution in [2.75, 3.05) is 13.1 Å². The highest BCUT2D eigenvalue weighted by atomic mass is 16.6. The Morgan fingerprint density at radius 3 is 3.00 bits per heavy atom. The first kappa shape index (κ1) is 14.9. The van der Waals surface area contributed by atoms with Crippen molar-refractivity contribution in [1.29, 1.82) is 0 Å². The van der Waals surface area contributed by atoms with E-state index in [9.17, 15) is 4.79 Å². The Labute approximate surface area is 120 Å². The first-order valence-electron chi connectivity index (χ1n) is 7.22. The van der Waals surface area contributed by atoms with Gasteiger partial charge in [-0.05, 0) is 39.7 Å². The molecule has 5 heteroatoms. The number of amides is 1. The zero-order valence-electron chi connectivity index (χ0n) is 12.5. The second kappa shape index (κ2) is 6.31. The molecule has 1 aromatic rings. The second-order valence-corrected chi connectivity index (χ2v) is 6.13. The summed E-state index contributed by atoms with van der Waals surface area (Å²) in [5.41, 5.74) is 0.806. The second-order valence-electron chi connectivity index (χ2n) is 6.13. The maximum atomic E-state index is 11.5. The standard InChI is InChI=1S/C15H24N2O3/c1-15(2,3)20-14(18)17-9-8-16-12-5-4-6-13-11(12)7-10-19-13/h7,10,12,16H,4-6,8-9H2,1-3H3,(H,17,18). The molecule has 1 aromatic heterocycles. The number of aryl methyl sites for hydroxylation is 1. The molecule has 2 rings (SSSR count). The highest BCUT2D eigenvalue weighted by Gasteiger charge is 2.22. The molecule has 0 bridgehead atoms. The molecule has 1 aliphatic carbocycles. The van der Waals surface area contributed by atoms with Crippen molar-refractivity contribution in [2.45, 2.75) is 51.7 Å². The van der Waals surface area contributed by atoms with Gasteiger partial charge in [-0.3, -0.25) is 0 Å². The van der Waals surface area contributed by atoms with E-state index in [-0.39, 0.29) is 6.09 Å². The third-order valence-corrected chi connectivity index (χ3v) is 3.24. The summed E-state index contributed by atoms with van der Waals surface area (Å²) in [7, 11) is 0. The molecule has 0 aliphatic heterocycles. The minimum absolute atomic E-state index is 0.331. The van der Waals surface area contributed by atoms with Crippen molar-refractivity contribution < 1.29 is 13.9 Å². The minimum atomic E-state index is -0.452. The fourth-order valence-corrected chi connectivity index (χ4v) is 2.42. The van der Waals surface area contributed by atoms with E-state index >= 15 is 0 Å². The van der Waals surface area contributed by atoms with Gasteiger partial charge in [-0.1, -0.05) is 0 Å². The Hall–Kier alpha value is -1.49. The summed E-state index contributed by atoms with van der Waals surface area (Å²) in [6.07, 6.45) is 4.66. The lowest BCUT2D eigenvalue weighted by Gasteiger charge is -2.23. The molecule has 0 saturated heterocycles. The number of fused-ring (bicyclic) bond motifs is 1. The predicted octanol–water partition coefficient (Wildman–Crippen LogP) is 2.77. The number of hydrogen-bond acceptors (Lipinski definition) is 4. The van der Waals surface area contributed by atoms with Crippen LogP contribution in [0.2, 0.25) is 0 Å². The van der Waals surface area contributed by atoms with Gasteiger partial charge in [0.2, 0.25) is 0 Å². The Kier molecular flexibility index (Phi) is 4.70. The molecule has 1 aliphatic rings. The highest BCUT2D eigenvalue weighted by Crippen LogP contribution is 2.30. The van der Waals surface area contributed by atoms with Crippen LogP contribution in [-0.4, -0.2) is 24.8 Å². The molecule has 0 aromatic carbocycles. The summed E-state index contributed by atoms with van der Waals surface area (Å²) in [6, 6.07) is 2.37. The molecule has 1 unspecified atom stereocenters. The van der Waals surface area contributed by atoms with Crippen LogP contribution in [0.15, 0.2) is 16.7 Å². The fraction of sp³-hybridized carbons (Fsp3) is 0.667. The van der Waals surface area contributed by atoms with Crippen LogP contribution in [0.1, 0.15) is 51.0 Å². The van der Waals surface area contributed by atoms with Gasteiger partial charge in [0.15, 0.2) is 0 Å². The molecule has 1 heterocycles. The van der Waals surface area contributed by atoms with Crippen LogP contribution in [0.5, 0.6) is 0 Å². The maximum Gasteiger partial charge on any atom is 0.407 e. The molecule has 0 radical (unpaired) electrons. The van der Waals surface area contributed by atoms with E-state index in [1.807, 2.05) is 26.8 Å². The Morgan fingerprint density at radius 2 is 2.25 bits per heavy atom. The third kappa shape index (κ3) is 4.27. The lowest BCUT2D eigenvalue weighted by Crippen LogP contribution is -2.37. The van der Waals surface area contributed by atoms with Crippen LogP contribution in [-0.2, 0) is 11.2 Å². The van der Waals surface area contributed by atoms with Crippen molar-refractivity contribution in [1.82, 2.24) is 10.6 Å². The number of rotatable bonds is 4. The zero-order valence-corrected chi connectivity index (χ0v) is 12.5. The van der Waals surface area contributed by atoms with E-state index in [2.05, 4.69) is 10.6 Å². The van der Waals surface area contributed by atoms with E-state index < -0.39 is 5.60 Å². The monoisotopic (exact) mass is 280 g/mol. The first-order chi connectivity index (χ1) is 9.46. The van der Waals surface area contributed by atoms with Crippen LogP contribution in [0.4, 0.5) is 4.79 Å². The van der Waals surface area contributed by atoms with Crippen LogP contribution < -0.4 is 10.6 Å². The van der Waals surface area contributed by atoms with Gasteiger partial charge in [0.1, 0.15) is 11.4 Å². The van der Waals surface area contributed by atoms with Crippen molar-refractivity contribution >= 4 is 6.09 Å². The third-order valence-electron chi connectivity index (χ3n) is 3.24. The number of furan rings is 1. The van der Waals surface area contributed by atoms with E-state index in [4.69, 9.17) is 9.15 Å². The van der Waals surface area contributed by atoms with Crippen LogP contribution in [0.25, 0.3) is 0 Å². The zero-order chi connectivity index (χ0) is 14.6. The maximum absolute atomic E-state index is 11.5. The SMILES string of the molecule is CC(C)(C)OC(=O)NCCNC1CCCc2occc21. The summed E-state index contributed by atoms with van der Waals surface area (Å²) < 4.78 is 10.6. The Balaban J connectivity index is 1.69. The van der Waals surface area contributed by atoms with Gasteiger partial charge in [-0.2, -0.15) is 0 Å². The van der Waals surface area contributed by atoms with Gasteiger partial charge >= 0.3 is 6.09 Å². The number of ether oxygens (including phenoxy) is 1. The van der Waals surface area contributed by atoms with E-state index in [1.165, 1.54) is 5.56 Å². The Bertz CT molecular complexity index is 448. The average Bonchev–Trinajstić information content (AvgIpc) is 2.81. The molecule has 1 amide bonds. The van der Waals surface area contributed by atoms with Gasteiger partial charge in [-0.15, -0.1) is 0 Å². The molecule has 0 spiro atoms. The van der Waals surface area contributed by atoms with Gasteiger partial charge in [0, 0.05) is 31.1 Å². The predicted molar refractivity (Wildman–Crippen MR) is 76.6 cm³/mol. The number of alkyl carbamates (subject to hydrolysis) is 1. The normalized spacial score (nSPS) is 18.4. The molecular weight excluding hydrogens is 256 g/mol. The van der Waals surface area contributed by atoms with Crippen molar-refractivity contribution in [3.05, 3.63) is 23.7 Å². The summed E-state index contributed by atoms with van der Waals surface area (Å²) in [6.45, 7) is 6.83. The average molecular weight is 280 g/mol. The molecule has 0 fully saturated rings. The minimum Gasteiger partial charge on any atom is -0.469 e. The van der Waals surface area contributed by atoms with Crippen molar-refractivity contribution in [3.63, 3.8) is 0 Å². The first-order valence-corrected chi connectivity index (χ1v) is 7.22. The quantitative estimate of drug-likeness (QED) is 0.832. The number of hydrogen-bond donors (Lipinski definition) is 2.